The number of fused-ring (bicyclic) bond motifs is 1. The highest BCUT2D eigenvalue weighted by atomic mass is 16.8. The second-order valence-electron chi connectivity index (χ2n) is 3.88. The first-order valence-electron chi connectivity index (χ1n) is 5.49. The monoisotopic (exact) mass is 218 g/mol. The van der Waals surface area contributed by atoms with Crippen LogP contribution in [0.3, 0.4) is 0 Å². The SMILES string of the molecule is CCCCO[C@@H]1CO[C@@H]2COC(O)O[C@@H]21. The lowest BCUT2D eigenvalue weighted by Gasteiger charge is -2.30. The average molecular weight is 218 g/mol. The minimum absolute atomic E-state index is 0.0694. The minimum atomic E-state index is -1.13. The van der Waals surface area contributed by atoms with Crippen LogP contribution >= 0.6 is 0 Å². The van der Waals surface area contributed by atoms with E-state index in [1.54, 1.807) is 0 Å². The molecule has 0 radical (unpaired) electrons. The van der Waals surface area contributed by atoms with E-state index in [2.05, 4.69) is 6.92 Å². The summed E-state index contributed by atoms with van der Waals surface area (Å²) in [6.45, 7) is 2.60. The number of hydrogen-bond donors (Lipinski definition) is 1. The molecule has 0 amide bonds. The maximum Gasteiger partial charge on any atom is 0.269 e. The molecule has 88 valence electrons. The summed E-state index contributed by atoms with van der Waals surface area (Å²) in [5.41, 5.74) is 0. The van der Waals surface area contributed by atoms with Gasteiger partial charge in [0, 0.05) is 6.61 Å². The van der Waals surface area contributed by atoms with Crippen molar-refractivity contribution in [2.24, 2.45) is 0 Å². The average Bonchev–Trinajstić information content (AvgIpc) is 2.62. The molecule has 2 rings (SSSR count). The lowest BCUT2D eigenvalue weighted by molar-refractivity contribution is -0.332. The van der Waals surface area contributed by atoms with Crippen molar-refractivity contribution < 1.29 is 24.1 Å². The molecule has 0 aromatic carbocycles. The topological polar surface area (TPSA) is 57.2 Å². The highest BCUT2D eigenvalue weighted by Crippen LogP contribution is 2.26. The summed E-state index contributed by atoms with van der Waals surface area (Å²) >= 11 is 0. The van der Waals surface area contributed by atoms with Crippen molar-refractivity contribution in [1.82, 2.24) is 0 Å². The molecule has 1 unspecified atom stereocenters. The van der Waals surface area contributed by atoms with Crippen molar-refractivity contribution in [2.45, 2.75) is 44.6 Å². The van der Waals surface area contributed by atoms with Crippen LogP contribution in [0.5, 0.6) is 0 Å². The molecule has 2 saturated heterocycles. The Morgan fingerprint density at radius 1 is 1.33 bits per heavy atom. The number of unbranched alkanes of at least 4 members (excludes halogenated alkanes) is 1. The summed E-state index contributed by atoms with van der Waals surface area (Å²) in [6, 6.07) is 0. The van der Waals surface area contributed by atoms with Gasteiger partial charge in [-0.15, -0.1) is 0 Å². The summed E-state index contributed by atoms with van der Waals surface area (Å²) < 4.78 is 21.3. The predicted octanol–water partition coefficient (Wildman–Crippen LogP) is 0.262. The molecule has 0 saturated carbocycles. The normalized spacial score (nSPS) is 40.4. The van der Waals surface area contributed by atoms with Crippen molar-refractivity contribution in [2.75, 3.05) is 19.8 Å². The molecule has 0 aromatic rings. The van der Waals surface area contributed by atoms with Crippen LogP contribution < -0.4 is 0 Å². The number of hydrogen-bond acceptors (Lipinski definition) is 5. The summed E-state index contributed by atoms with van der Waals surface area (Å²) in [6.07, 6.45) is 1.78. The van der Waals surface area contributed by atoms with Gasteiger partial charge in [-0.25, -0.2) is 0 Å². The van der Waals surface area contributed by atoms with Crippen molar-refractivity contribution in [3.8, 4) is 0 Å². The van der Waals surface area contributed by atoms with E-state index in [1.807, 2.05) is 0 Å². The maximum atomic E-state index is 9.19. The Morgan fingerprint density at radius 3 is 3.00 bits per heavy atom. The Morgan fingerprint density at radius 2 is 2.20 bits per heavy atom. The molecule has 0 aromatic heterocycles. The number of ether oxygens (including phenoxy) is 4. The smallest absolute Gasteiger partial charge is 0.269 e. The first-order chi connectivity index (χ1) is 7.31. The second-order valence-corrected chi connectivity index (χ2v) is 3.88. The molecule has 5 heteroatoms. The van der Waals surface area contributed by atoms with E-state index in [0.717, 1.165) is 12.8 Å². The molecule has 15 heavy (non-hydrogen) atoms. The third kappa shape index (κ3) is 2.68. The zero-order valence-corrected chi connectivity index (χ0v) is 8.93. The van der Waals surface area contributed by atoms with Crippen LogP contribution in [-0.2, 0) is 18.9 Å². The van der Waals surface area contributed by atoms with Gasteiger partial charge >= 0.3 is 0 Å². The molecule has 5 nitrogen and oxygen atoms in total. The van der Waals surface area contributed by atoms with Crippen molar-refractivity contribution >= 4 is 0 Å². The van der Waals surface area contributed by atoms with Crippen molar-refractivity contribution in [1.29, 1.82) is 0 Å². The minimum Gasteiger partial charge on any atom is -0.373 e. The second kappa shape index (κ2) is 5.23. The predicted molar refractivity (Wildman–Crippen MR) is 51.2 cm³/mol. The molecule has 2 aliphatic heterocycles. The quantitative estimate of drug-likeness (QED) is 0.686. The molecule has 0 bridgehead atoms. The van der Waals surface area contributed by atoms with Gasteiger partial charge in [0.1, 0.15) is 18.3 Å². The van der Waals surface area contributed by atoms with E-state index in [-0.39, 0.29) is 18.3 Å². The molecule has 1 N–H and O–H groups in total. The Hall–Kier alpha value is -0.200. The third-order valence-electron chi connectivity index (χ3n) is 2.71. The summed E-state index contributed by atoms with van der Waals surface area (Å²) in [7, 11) is 0. The van der Waals surface area contributed by atoms with E-state index in [1.165, 1.54) is 0 Å². The van der Waals surface area contributed by atoms with Gasteiger partial charge in [-0.2, -0.15) is 0 Å². The van der Waals surface area contributed by atoms with Crippen LogP contribution in [0.25, 0.3) is 0 Å². The summed E-state index contributed by atoms with van der Waals surface area (Å²) in [5, 5.41) is 9.19. The van der Waals surface area contributed by atoms with Gasteiger partial charge in [-0.05, 0) is 6.42 Å². The molecule has 2 aliphatic rings. The lowest BCUT2D eigenvalue weighted by Crippen LogP contribution is -2.46. The largest absolute Gasteiger partial charge is 0.373 e. The van der Waals surface area contributed by atoms with Gasteiger partial charge in [-0.3, -0.25) is 0 Å². The summed E-state index contributed by atoms with van der Waals surface area (Å²) in [5.74, 6) is 0. The van der Waals surface area contributed by atoms with Crippen LogP contribution in [0.15, 0.2) is 0 Å². The van der Waals surface area contributed by atoms with Crippen LogP contribution in [0, 0.1) is 0 Å². The molecule has 2 heterocycles. The van der Waals surface area contributed by atoms with Gasteiger partial charge in [0.25, 0.3) is 6.48 Å². The zero-order valence-electron chi connectivity index (χ0n) is 8.93. The van der Waals surface area contributed by atoms with E-state index in [4.69, 9.17) is 18.9 Å². The van der Waals surface area contributed by atoms with Crippen molar-refractivity contribution in [3.05, 3.63) is 0 Å². The number of rotatable bonds is 4. The molecule has 4 atom stereocenters. The summed E-state index contributed by atoms with van der Waals surface area (Å²) in [4.78, 5) is 0. The van der Waals surface area contributed by atoms with E-state index >= 15 is 0 Å². The Balaban J connectivity index is 1.80. The van der Waals surface area contributed by atoms with Crippen molar-refractivity contribution in [3.63, 3.8) is 0 Å². The van der Waals surface area contributed by atoms with Gasteiger partial charge in [0.2, 0.25) is 0 Å². The highest BCUT2D eigenvalue weighted by Gasteiger charge is 2.43. The molecular formula is C10H18O5. The number of aliphatic hydroxyl groups is 1. The lowest BCUT2D eigenvalue weighted by atomic mass is 10.1. The van der Waals surface area contributed by atoms with Crippen LogP contribution in [0.2, 0.25) is 0 Å². The van der Waals surface area contributed by atoms with Gasteiger partial charge in [0.15, 0.2) is 0 Å². The molecular weight excluding hydrogens is 200 g/mol. The maximum absolute atomic E-state index is 9.19. The van der Waals surface area contributed by atoms with E-state index < -0.39 is 6.48 Å². The van der Waals surface area contributed by atoms with E-state index in [0.29, 0.717) is 19.8 Å². The fraction of sp³-hybridized carbons (Fsp3) is 1.00. The van der Waals surface area contributed by atoms with Gasteiger partial charge < -0.3 is 24.1 Å². The third-order valence-corrected chi connectivity index (χ3v) is 2.71. The van der Waals surface area contributed by atoms with E-state index in [9.17, 15) is 5.11 Å². The van der Waals surface area contributed by atoms with Crippen LogP contribution in [0.4, 0.5) is 0 Å². The fourth-order valence-electron chi connectivity index (χ4n) is 1.84. The Labute approximate surface area is 89.3 Å². The standard InChI is InChI=1S/C10H18O5/c1-2-3-4-12-7-5-13-8-6-14-10(11)15-9(7)8/h7-11H,2-6H2,1H3/t7-,8-,9-,10?/m1/s1. The number of aliphatic hydroxyl groups excluding tert-OH is 1. The first kappa shape index (κ1) is 11.3. The molecule has 2 fully saturated rings. The highest BCUT2D eigenvalue weighted by molar-refractivity contribution is 4.87. The Bertz CT molecular complexity index is 198. The fourth-order valence-corrected chi connectivity index (χ4v) is 1.84. The zero-order chi connectivity index (χ0) is 10.7. The Kier molecular flexibility index (Phi) is 3.93. The van der Waals surface area contributed by atoms with Gasteiger partial charge in [0.05, 0.1) is 13.2 Å². The van der Waals surface area contributed by atoms with Gasteiger partial charge in [-0.1, -0.05) is 13.3 Å². The first-order valence-corrected chi connectivity index (χ1v) is 5.49. The van der Waals surface area contributed by atoms with Crippen LogP contribution in [-0.4, -0.2) is 49.7 Å². The van der Waals surface area contributed by atoms with Crippen LogP contribution in [0.1, 0.15) is 19.8 Å². The molecule has 0 spiro atoms. The molecule has 0 aliphatic carbocycles.